The standard InChI is InChI=1S/C13H16N2O5/c1-8(12(17)18)7-15(9(2)13(19)20)11(16)10-4-3-5-14-6-10/h3-6,8-9H,7H2,1-2H3,(H,17,18)(H,19,20). The van der Waals surface area contributed by atoms with Crippen molar-refractivity contribution in [2.24, 2.45) is 5.92 Å². The van der Waals surface area contributed by atoms with Gasteiger partial charge in [-0.15, -0.1) is 0 Å². The van der Waals surface area contributed by atoms with E-state index in [2.05, 4.69) is 4.98 Å². The van der Waals surface area contributed by atoms with E-state index in [0.717, 1.165) is 4.90 Å². The number of carboxylic acids is 2. The van der Waals surface area contributed by atoms with Gasteiger partial charge in [-0.1, -0.05) is 6.92 Å². The van der Waals surface area contributed by atoms with Crippen LogP contribution in [0.3, 0.4) is 0 Å². The maximum atomic E-state index is 12.3. The maximum Gasteiger partial charge on any atom is 0.326 e. The van der Waals surface area contributed by atoms with Crippen LogP contribution in [-0.2, 0) is 9.59 Å². The van der Waals surface area contributed by atoms with E-state index < -0.39 is 29.8 Å². The molecule has 1 amide bonds. The Morgan fingerprint density at radius 1 is 1.25 bits per heavy atom. The van der Waals surface area contributed by atoms with Gasteiger partial charge in [-0.3, -0.25) is 14.6 Å². The van der Waals surface area contributed by atoms with E-state index in [1.807, 2.05) is 0 Å². The van der Waals surface area contributed by atoms with Crippen LogP contribution < -0.4 is 0 Å². The van der Waals surface area contributed by atoms with Gasteiger partial charge in [0.05, 0.1) is 11.5 Å². The number of aromatic nitrogens is 1. The third-order valence-corrected chi connectivity index (χ3v) is 2.89. The number of pyridine rings is 1. The fourth-order valence-corrected chi connectivity index (χ4v) is 1.58. The lowest BCUT2D eigenvalue weighted by Gasteiger charge is -2.28. The largest absolute Gasteiger partial charge is 0.481 e. The summed E-state index contributed by atoms with van der Waals surface area (Å²) >= 11 is 0. The van der Waals surface area contributed by atoms with Gasteiger partial charge < -0.3 is 15.1 Å². The lowest BCUT2D eigenvalue weighted by Crippen LogP contribution is -2.46. The zero-order valence-corrected chi connectivity index (χ0v) is 11.2. The van der Waals surface area contributed by atoms with Gasteiger partial charge in [0.25, 0.3) is 5.91 Å². The molecule has 0 aliphatic carbocycles. The molecule has 1 aromatic rings. The van der Waals surface area contributed by atoms with Crippen LogP contribution in [0.15, 0.2) is 24.5 Å². The third kappa shape index (κ3) is 3.78. The first-order valence-corrected chi connectivity index (χ1v) is 6.01. The number of hydrogen-bond donors (Lipinski definition) is 2. The summed E-state index contributed by atoms with van der Waals surface area (Å²) in [5.41, 5.74) is 0.221. The number of rotatable bonds is 6. The molecule has 20 heavy (non-hydrogen) atoms. The maximum absolute atomic E-state index is 12.3. The van der Waals surface area contributed by atoms with Gasteiger partial charge in [-0.25, -0.2) is 4.79 Å². The molecule has 7 nitrogen and oxygen atoms in total. The quantitative estimate of drug-likeness (QED) is 0.794. The van der Waals surface area contributed by atoms with E-state index in [1.54, 1.807) is 6.07 Å². The predicted molar refractivity (Wildman–Crippen MR) is 69.2 cm³/mol. The zero-order chi connectivity index (χ0) is 15.3. The molecule has 2 atom stereocenters. The van der Waals surface area contributed by atoms with Crippen molar-refractivity contribution in [1.29, 1.82) is 0 Å². The van der Waals surface area contributed by atoms with Gasteiger partial charge >= 0.3 is 11.9 Å². The Kier molecular flexibility index (Phi) is 5.19. The van der Waals surface area contributed by atoms with Crippen molar-refractivity contribution in [2.75, 3.05) is 6.54 Å². The summed E-state index contributed by atoms with van der Waals surface area (Å²) in [6.07, 6.45) is 2.80. The van der Waals surface area contributed by atoms with Crippen LogP contribution in [0.1, 0.15) is 24.2 Å². The van der Waals surface area contributed by atoms with Gasteiger partial charge in [0.1, 0.15) is 6.04 Å². The Balaban J connectivity index is 3.01. The Bertz CT molecular complexity index is 503. The lowest BCUT2D eigenvalue weighted by molar-refractivity contribution is -0.145. The number of amides is 1. The molecule has 0 aliphatic heterocycles. The molecule has 0 aliphatic rings. The molecule has 108 valence electrons. The number of carbonyl (C=O) groups is 3. The van der Waals surface area contributed by atoms with E-state index in [4.69, 9.17) is 10.2 Å². The molecule has 0 saturated carbocycles. The summed E-state index contributed by atoms with van der Waals surface area (Å²) in [5.74, 6) is -3.70. The SMILES string of the molecule is CC(CN(C(=O)c1cccnc1)C(C)C(=O)O)C(=O)O. The summed E-state index contributed by atoms with van der Waals surface area (Å²) in [6.45, 7) is 2.57. The lowest BCUT2D eigenvalue weighted by atomic mass is 10.1. The van der Waals surface area contributed by atoms with Crippen molar-refractivity contribution >= 4 is 17.8 Å². The van der Waals surface area contributed by atoms with E-state index in [9.17, 15) is 14.4 Å². The molecule has 0 bridgehead atoms. The highest BCUT2D eigenvalue weighted by molar-refractivity contribution is 5.96. The molecule has 0 saturated heterocycles. The van der Waals surface area contributed by atoms with E-state index >= 15 is 0 Å². The molecular formula is C13H16N2O5. The number of aliphatic carboxylic acids is 2. The van der Waals surface area contributed by atoms with Crippen molar-refractivity contribution in [2.45, 2.75) is 19.9 Å². The van der Waals surface area contributed by atoms with Gasteiger partial charge in [-0.2, -0.15) is 0 Å². The van der Waals surface area contributed by atoms with Crippen LogP contribution in [0.5, 0.6) is 0 Å². The number of nitrogens with zero attached hydrogens (tertiary/aromatic N) is 2. The van der Waals surface area contributed by atoms with Crippen molar-refractivity contribution in [3.05, 3.63) is 30.1 Å². The van der Waals surface area contributed by atoms with Gasteiger partial charge in [0.15, 0.2) is 0 Å². The van der Waals surface area contributed by atoms with Gasteiger partial charge in [0, 0.05) is 18.9 Å². The van der Waals surface area contributed by atoms with E-state index in [-0.39, 0.29) is 12.1 Å². The second-order valence-corrected chi connectivity index (χ2v) is 4.45. The van der Waals surface area contributed by atoms with Crippen molar-refractivity contribution in [1.82, 2.24) is 9.88 Å². The van der Waals surface area contributed by atoms with E-state index in [0.29, 0.717) is 0 Å². The van der Waals surface area contributed by atoms with Crippen LogP contribution >= 0.6 is 0 Å². The molecule has 0 spiro atoms. The smallest absolute Gasteiger partial charge is 0.326 e. The fourth-order valence-electron chi connectivity index (χ4n) is 1.58. The van der Waals surface area contributed by atoms with Crippen molar-refractivity contribution in [3.8, 4) is 0 Å². The Labute approximate surface area is 115 Å². The predicted octanol–water partition coefficient (Wildman–Crippen LogP) is 0.718. The van der Waals surface area contributed by atoms with E-state index in [1.165, 1.54) is 32.3 Å². The monoisotopic (exact) mass is 280 g/mol. The van der Waals surface area contributed by atoms with Crippen LogP contribution in [0.2, 0.25) is 0 Å². The molecule has 2 unspecified atom stereocenters. The van der Waals surface area contributed by atoms with Crippen LogP contribution in [0.25, 0.3) is 0 Å². The highest BCUT2D eigenvalue weighted by Crippen LogP contribution is 2.11. The highest BCUT2D eigenvalue weighted by Gasteiger charge is 2.29. The minimum Gasteiger partial charge on any atom is -0.481 e. The molecule has 1 heterocycles. The Hall–Kier alpha value is -2.44. The van der Waals surface area contributed by atoms with Crippen LogP contribution in [0.4, 0.5) is 0 Å². The molecule has 0 radical (unpaired) electrons. The molecule has 0 fully saturated rings. The molecule has 0 aromatic carbocycles. The summed E-state index contributed by atoms with van der Waals surface area (Å²) in [5, 5.41) is 17.9. The topological polar surface area (TPSA) is 108 Å². The number of carboxylic acid groups (broad SMARTS) is 2. The fraction of sp³-hybridized carbons (Fsp3) is 0.385. The number of carbonyl (C=O) groups excluding carboxylic acids is 1. The van der Waals surface area contributed by atoms with Gasteiger partial charge in [0.2, 0.25) is 0 Å². The molecule has 1 rings (SSSR count). The summed E-state index contributed by atoms with van der Waals surface area (Å²) in [6, 6.07) is 1.93. The molecule has 2 N–H and O–H groups in total. The minimum atomic E-state index is -1.19. The van der Waals surface area contributed by atoms with Crippen molar-refractivity contribution in [3.63, 3.8) is 0 Å². The minimum absolute atomic E-state index is 0.184. The average molecular weight is 280 g/mol. The zero-order valence-electron chi connectivity index (χ0n) is 11.2. The average Bonchev–Trinajstić information content (AvgIpc) is 2.43. The molecule has 1 aromatic heterocycles. The van der Waals surface area contributed by atoms with Gasteiger partial charge in [-0.05, 0) is 19.1 Å². The summed E-state index contributed by atoms with van der Waals surface area (Å²) < 4.78 is 0. The summed E-state index contributed by atoms with van der Waals surface area (Å²) in [4.78, 5) is 39.1. The second kappa shape index (κ2) is 6.65. The molecule has 7 heteroatoms. The molecular weight excluding hydrogens is 264 g/mol. The Morgan fingerprint density at radius 3 is 2.35 bits per heavy atom. The first-order chi connectivity index (χ1) is 9.34. The first kappa shape index (κ1) is 15.6. The highest BCUT2D eigenvalue weighted by atomic mass is 16.4. The number of hydrogen-bond acceptors (Lipinski definition) is 4. The second-order valence-electron chi connectivity index (χ2n) is 4.45. The van der Waals surface area contributed by atoms with Crippen LogP contribution in [-0.4, -0.2) is 50.5 Å². The third-order valence-electron chi connectivity index (χ3n) is 2.89. The normalized spacial score (nSPS) is 13.3. The summed E-state index contributed by atoms with van der Waals surface area (Å²) in [7, 11) is 0. The van der Waals surface area contributed by atoms with Crippen LogP contribution in [0, 0.1) is 5.92 Å². The van der Waals surface area contributed by atoms with Crippen molar-refractivity contribution < 1.29 is 24.6 Å². The first-order valence-electron chi connectivity index (χ1n) is 6.01. The Morgan fingerprint density at radius 2 is 1.90 bits per heavy atom.